The highest BCUT2D eigenvalue weighted by molar-refractivity contribution is 6.30. The van der Waals surface area contributed by atoms with Gasteiger partial charge in [0.25, 0.3) is 5.56 Å². The molecule has 1 saturated heterocycles. The zero-order valence-corrected chi connectivity index (χ0v) is 17.7. The molecule has 0 radical (unpaired) electrons. The van der Waals surface area contributed by atoms with Crippen molar-refractivity contribution in [1.82, 2.24) is 9.55 Å². The maximum absolute atomic E-state index is 13.5. The highest BCUT2D eigenvalue weighted by atomic mass is 35.5. The van der Waals surface area contributed by atoms with E-state index in [4.69, 9.17) is 22.3 Å². The molecule has 1 aliphatic rings. The zero-order chi connectivity index (χ0) is 21.4. The van der Waals surface area contributed by atoms with E-state index >= 15 is 0 Å². The van der Waals surface area contributed by atoms with Crippen molar-refractivity contribution >= 4 is 39.8 Å². The van der Waals surface area contributed by atoms with Crippen LogP contribution in [0, 0.1) is 0 Å². The molecule has 0 amide bonds. The standard InChI is InChI=1S/C24H22ClN5O/c25-17-8-10-19(11-9-17)28-12-14-29(15-13-28)24-27-22-7-2-1-6-21(22)23(31)30(24)20-5-3-4-18(26)16-20/h1-11,16H,12-15,26H2. The molecule has 5 rings (SSSR count). The molecular formula is C24H22ClN5O. The number of nitrogens with zero attached hydrogens (tertiary/aromatic N) is 4. The van der Waals surface area contributed by atoms with E-state index in [0.29, 0.717) is 22.5 Å². The van der Waals surface area contributed by atoms with Gasteiger partial charge in [-0.05, 0) is 54.6 Å². The summed E-state index contributed by atoms with van der Waals surface area (Å²) in [6.45, 7) is 3.13. The Morgan fingerprint density at radius 2 is 1.52 bits per heavy atom. The second-order valence-electron chi connectivity index (χ2n) is 7.62. The fourth-order valence-corrected chi connectivity index (χ4v) is 4.17. The van der Waals surface area contributed by atoms with Gasteiger partial charge in [-0.3, -0.25) is 4.79 Å². The quantitative estimate of drug-likeness (QED) is 0.497. The molecule has 156 valence electrons. The van der Waals surface area contributed by atoms with Gasteiger partial charge in [-0.25, -0.2) is 9.55 Å². The highest BCUT2D eigenvalue weighted by Gasteiger charge is 2.23. The van der Waals surface area contributed by atoms with Crippen LogP contribution in [0.3, 0.4) is 0 Å². The van der Waals surface area contributed by atoms with E-state index in [1.54, 1.807) is 4.57 Å². The van der Waals surface area contributed by atoms with Crippen LogP contribution in [0.2, 0.25) is 5.02 Å². The second kappa shape index (κ2) is 7.96. The van der Waals surface area contributed by atoms with Crippen LogP contribution in [0.5, 0.6) is 0 Å². The van der Waals surface area contributed by atoms with Crippen molar-refractivity contribution in [1.29, 1.82) is 0 Å². The molecule has 2 heterocycles. The van der Waals surface area contributed by atoms with E-state index in [0.717, 1.165) is 42.6 Å². The molecule has 6 nitrogen and oxygen atoms in total. The van der Waals surface area contributed by atoms with E-state index in [2.05, 4.69) is 9.80 Å². The molecule has 4 aromatic rings. The van der Waals surface area contributed by atoms with E-state index < -0.39 is 0 Å². The minimum absolute atomic E-state index is 0.0914. The van der Waals surface area contributed by atoms with Crippen LogP contribution in [0.1, 0.15) is 0 Å². The van der Waals surface area contributed by atoms with Crippen molar-refractivity contribution in [3.8, 4) is 5.69 Å². The SMILES string of the molecule is Nc1cccc(-n2c(N3CCN(c4ccc(Cl)cc4)CC3)nc3ccccc3c2=O)c1. The monoisotopic (exact) mass is 431 g/mol. The molecule has 0 aliphatic carbocycles. The molecule has 31 heavy (non-hydrogen) atoms. The van der Waals surface area contributed by atoms with Gasteiger partial charge in [0.1, 0.15) is 0 Å². The van der Waals surface area contributed by atoms with Crippen molar-refractivity contribution < 1.29 is 0 Å². The van der Waals surface area contributed by atoms with E-state index in [-0.39, 0.29) is 5.56 Å². The first-order valence-electron chi connectivity index (χ1n) is 10.2. The lowest BCUT2D eigenvalue weighted by molar-refractivity contribution is 0.632. The normalized spacial score (nSPS) is 14.2. The summed E-state index contributed by atoms with van der Waals surface area (Å²) in [5, 5.41) is 1.32. The largest absolute Gasteiger partial charge is 0.399 e. The number of aromatic nitrogens is 2. The fourth-order valence-electron chi connectivity index (χ4n) is 4.05. The minimum atomic E-state index is -0.0914. The molecule has 0 spiro atoms. The summed E-state index contributed by atoms with van der Waals surface area (Å²) < 4.78 is 1.68. The first kappa shape index (κ1) is 19.5. The maximum atomic E-state index is 13.5. The van der Waals surface area contributed by atoms with Crippen molar-refractivity contribution in [3.63, 3.8) is 0 Å². The Balaban J connectivity index is 1.54. The number of nitrogens with two attached hydrogens (primary N) is 1. The lowest BCUT2D eigenvalue weighted by atomic mass is 10.2. The number of fused-ring (bicyclic) bond motifs is 1. The van der Waals surface area contributed by atoms with Crippen LogP contribution in [-0.4, -0.2) is 35.7 Å². The van der Waals surface area contributed by atoms with Crippen molar-refractivity contribution in [3.05, 3.63) is 88.2 Å². The van der Waals surface area contributed by atoms with Gasteiger partial charge in [-0.15, -0.1) is 0 Å². The molecule has 1 aliphatic heterocycles. The molecular weight excluding hydrogens is 410 g/mol. The molecule has 0 bridgehead atoms. The third kappa shape index (κ3) is 3.70. The Morgan fingerprint density at radius 1 is 0.806 bits per heavy atom. The first-order valence-corrected chi connectivity index (χ1v) is 10.6. The van der Waals surface area contributed by atoms with Crippen LogP contribution in [0.25, 0.3) is 16.6 Å². The maximum Gasteiger partial charge on any atom is 0.267 e. The number of halogens is 1. The third-order valence-corrected chi connectivity index (χ3v) is 5.89. The molecule has 0 atom stereocenters. The lowest BCUT2D eigenvalue weighted by Gasteiger charge is -2.37. The summed E-state index contributed by atoms with van der Waals surface area (Å²) in [6, 6.07) is 22.7. The Morgan fingerprint density at radius 3 is 2.26 bits per heavy atom. The van der Waals surface area contributed by atoms with Gasteiger partial charge >= 0.3 is 0 Å². The molecule has 1 aromatic heterocycles. The first-order chi connectivity index (χ1) is 15.1. The summed E-state index contributed by atoms with van der Waals surface area (Å²) in [5.41, 5.74) is 9.09. The van der Waals surface area contributed by atoms with Crippen molar-refractivity contribution in [2.24, 2.45) is 0 Å². The fraction of sp³-hybridized carbons (Fsp3) is 0.167. The predicted molar refractivity (Wildman–Crippen MR) is 128 cm³/mol. The van der Waals surface area contributed by atoms with E-state index in [9.17, 15) is 4.79 Å². The van der Waals surface area contributed by atoms with Crippen molar-refractivity contribution in [2.75, 3.05) is 41.7 Å². The molecule has 1 fully saturated rings. The van der Waals surface area contributed by atoms with Gasteiger partial charge in [-0.2, -0.15) is 0 Å². The number of para-hydroxylation sites is 1. The molecule has 0 unspecified atom stereocenters. The number of hydrogen-bond acceptors (Lipinski definition) is 5. The summed E-state index contributed by atoms with van der Waals surface area (Å²) in [6.07, 6.45) is 0. The number of rotatable bonds is 3. The van der Waals surface area contributed by atoms with Crippen LogP contribution in [0.4, 0.5) is 17.3 Å². The number of nitrogen functional groups attached to an aromatic ring is 1. The molecule has 0 saturated carbocycles. The smallest absolute Gasteiger partial charge is 0.267 e. The van der Waals surface area contributed by atoms with Crippen molar-refractivity contribution in [2.45, 2.75) is 0 Å². The molecule has 2 N–H and O–H groups in total. The number of hydrogen-bond donors (Lipinski definition) is 1. The third-order valence-electron chi connectivity index (χ3n) is 5.64. The van der Waals surface area contributed by atoms with Crippen LogP contribution in [-0.2, 0) is 0 Å². The Kier molecular flexibility index (Phi) is 5.00. The minimum Gasteiger partial charge on any atom is -0.399 e. The number of piperazine rings is 1. The number of anilines is 3. The van der Waals surface area contributed by atoms with Gasteiger partial charge in [0.05, 0.1) is 16.6 Å². The van der Waals surface area contributed by atoms with Crippen LogP contribution in [0.15, 0.2) is 77.6 Å². The van der Waals surface area contributed by atoms with Gasteiger partial charge in [-0.1, -0.05) is 29.8 Å². The topological polar surface area (TPSA) is 67.4 Å². The van der Waals surface area contributed by atoms with Crippen LogP contribution < -0.4 is 21.1 Å². The lowest BCUT2D eigenvalue weighted by Crippen LogP contribution is -2.48. The van der Waals surface area contributed by atoms with E-state index in [1.165, 1.54) is 0 Å². The van der Waals surface area contributed by atoms with Gasteiger partial charge in [0, 0.05) is 42.6 Å². The summed E-state index contributed by atoms with van der Waals surface area (Å²) >= 11 is 6.03. The van der Waals surface area contributed by atoms with Crippen LogP contribution >= 0.6 is 11.6 Å². The predicted octanol–water partition coefficient (Wildman–Crippen LogP) is 3.95. The summed E-state index contributed by atoms with van der Waals surface area (Å²) in [4.78, 5) is 22.8. The van der Waals surface area contributed by atoms with Gasteiger partial charge in [0.15, 0.2) is 0 Å². The Hall–Kier alpha value is -3.51. The molecule has 3 aromatic carbocycles. The second-order valence-corrected chi connectivity index (χ2v) is 8.05. The van der Waals surface area contributed by atoms with E-state index in [1.807, 2.05) is 72.8 Å². The highest BCUT2D eigenvalue weighted by Crippen LogP contribution is 2.24. The summed E-state index contributed by atoms with van der Waals surface area (Å²) in [7, 11) is 0. The average molecular weight is 432 g/mol. The number of benzene rings is 3. The zero-order valence-electron chi connectivity index (χ0n) is 16.9. The Bertz CT molecular complexity index is 1290. The Labute approximate surface area is 185 Å². The average Bonchev–Trinajstić information content (AvgIpc) is 2.80. The van der Waals surface area contributed by atoms with Gasteiger partial charge in [0.2, 0.25) is 5.95 Å². The molecule has 7 heteroatoms. The van der Waals surface area contributed by atoms with Gasteiger partial charge < -0.3 is 15.5 Å². The summed E-state index contributed by atoms with van der Waals surface area (Å²) in [5.74, 6) is 0.644.